The van der Waals surface area contributed by atoms with Crippen LogP contribution in [0, 0.1) is 16.7 Å². The van der Waals surface area contributed by atoms with Gasteiger partial charge in [-0.05, 0) is 73.9 Å². The largest absolute Gasteiger partial charge is 0.673 e. The fourth-order valence-electron chi connectivity index (χ4n) is 8.06. The van der Waals surface area contributed by atoms with E-state index in [1.165, 1.54) is 59.7 Å². The Kier molecular flexibility index (Phi) is 16.7. The van der Waals surface area contributed by atoms with E-state index in [0.717, 1.165) is 13.0 Å². The minimum absolute atomic E-state index is 0. The van der Waals surface area contributed by atoms with Crippen LogP contribution in [0.15, 0.2) is 146 Å². The molecule has 2 nitrogen and oxygen atoms in total. The predicted octanol–water partition coefficient (Wildman–Crippen LogP) is 11.2. The van der Waals surface area contributed by atoms with Crippen molar-refractivity contribution < 1.29 is 41.3 Å². The SMILES string of the molecule is C1=C\CC/C=C\CC/1.CN(C[C@]12CC[C@H](C[C@H]1OP(c1ccccc1)c1ccccc1)C2(C)C)P(c1ccccc1)c1ccccc1.F[B-](F)(F)F.[Rh]. The number of fused-ring (bicyclic) bond motifs is 2. The fraction of sp³-hybridized carbons (Fsp3) is 0.349. The molecule has 0 aliphatic heterocycles. The van der Waals surface area contributed by atoms with E-state index in [-0.39, 0.29) is 36.4 Å². The van der Waals surface area contributed by atoms with Gasteiger partial charge in [-0.15, -0.1) is 0 Å². The van der Waals surface area contributed by atoms with Crippen molar-refractivity contribution in [3.63, 3.8) is 0 Å². The average Bonchev–Trinajstić information content (AvgIpc) is 3.47. The number of allylic oxidation sites excluding steroid dienone is 4. The second-order valence-electron chi connectivity index (χ2n) is 14.3. The Hall–Kier alpha value is -2.45. The van der Waals surface area contributed by atoms with E-state index in [9.17, 15) is 17.3 Å². The van der Waals surface area contributed by atoms with Crippen LogP contribution in [0.3, 0.4) is 0 Å². The van der Waals surface area contributed by atoms with Crippen LogP contribution >= 0.6 is 16.2 Å². The van der Waals surface area contributed by atoms with Crippen molar-refractivity contribution in [3.8, 4) is 0 Å². The molecule has 3 aliphatic rings. The Bertz CT molecular complexity index is 1590. The van der Waals surface area contributed by atoms with Gasteiger partial charge in [0.2, 0.25) is 0 Å². The van der Waals surface area contributed by atoms with Gasteiger partial charge in [0.15, 0.2) is 0 Å². The summed E-state index contributed by atoms with van der Waals surface area (Å²) in [6.45, 7) is 6.11. The number of rotatable bonds is 9. The van der Waals surface area contributed by atoms with Gasteiger partial charge in [-0.2, -0.15) is 0 Å². The molecule has 53 heavy (non-hydrogen) atoms. The Morgan fingerprint density at radius 1 is 0.642 bits per heavy atom. The number of benzene rings is 4. The average molecular weight is 850 g/mol. The molecule has 0 heterocycles. The fourth-order valence-corrected chi connectivity index (χ4v) is 12.4. The summed E-state index contributed by atoms with van der Waals surface area (Å²) in [5, 5.41) is 5.43. The predicted molar refractivity (Wildman–Crippen MR) is 216 cm³/mol. The molecule has 0 saturated heterocycles. The maximum Gasteiger partial charge on any atom is 0.673 e. The summed E-state index contributed by atoms with van der Waals surface area (Å²) >= 11 is 0. The minimum atomic E-state index is -6.00. The van der Waals surface area contributed by atoms with Crippen LogP contribution in [0.25, 0.3) is 0 Å². The Morgan fingerprint density at radius 2 is 1.00 bits per heavy atom. The van der Waals surface area contributed by atoms with Crippen molar-refractivity contribution in [1.29, 1.82) is 0 Å². The molecule has 0 spiro atoms. The molecule has 2 bridgehead atoms. The van der Waals surface area contributed by atoms with Gasteiger partial charge in [0.25, 0.3) is 0 Å². The molecule has 0 unspecified atom stereocenters. The van der Waals surface area contributed by atoms with Crippen LogP contribution < -0.4 is 21.2 Å². The van der Waals surface area contributed by atoms with Crippen LogP contribution in [0.5, 0.6) is 0 Å². The first kappa shape index (κ1) is 43.3. The minimum Gasteiger partial charge on any atom is -0.418 e. The van der Waals surface area contributed by atoms with Crippen LogP contribution in [-0.4, -0.2) is 31.6 Å². The van der Waals surface area contributed by atoms with Gasteiger partial charge >= 0.3 is 7.25 Å². The number of hydrogen-bond donors (Lipinski definition) is 0. The van der Waals surface area contributed by atoms with Crippen molar-refractivity contribution >= 4 is 44.7 Å². The molecule has 285 valence electrons. The summed E-state index contributed by atoms with van der Waals surface area (Å²) in [6, 6.07) is 44.0. The smallest absolute Gasteiger partial charge is 0.418 e. The second-order valence-corrected chi connectivity index (χ2v) is 18.5. The number of halogens is 4. The van der Waals surface area contributed by atoms with Crippen molar-refractivity contribution in [2.75, 3.05) is 13.6 Å². The first-order valence-electron chi connectivity index (χ1n) is 18.4. The van der Waals surface area contributed by atoms with E-state index in [4.69, 9.17) is 4.52 Å². The molecule has 2 saturated carbocycles. The summed E-state index contributed by atoms with van der Waals surface area (Å²) in [6.07, 6.45) is 17.9. The third kappa shape index (κ3) is 11.8. The molecule has 10 heteroatoms. The van der Waals surface area contributed by atoms with Gasteiger partial charge in [0.05, 0.1) is 14.3 Å². The van der Waals surface area contributed by atoms with E-state index in [2.05, 4.69) is 171 Å². The normalized spacial score (nSPS) is 22.8. The molecular formula is C43H51BF4NOP2Rh-. The monoisotopic (exact) mass is 849 g/mol. The molecular weight excluding hydrogens is 798 g/mol. The van der Waals surface area contributed by atoms with Crippen molar-refractivity contribution in [3.05, 3.63) is 146 Å². The van der Waals surface area contributed by atoms with Gasteiger partial charge in [0.1, 0.15) is 0 Å². The van der Waals surface area contributed by atoms with Crippen molar-refractivity contribution in [2.24, 2.45) is 16.7 Å². The van der Waals surface area contributed by atoms with E-state index in [0.29, 0.717) is 5.92 Å². The van der Waals surface area contributed by atoms with E-state index < -0.39 is 23.5 Å². The quantitative estimate of drug-likeness (QED) is 0.0720. The molecule has 1 radical (unpaired) electrons. The third-order valence-corrected chi connectivity index (χ3v) is 15.2. The Labute approximate surface area is 330 Å². The number of nitrogens with zero attached hydrogens (tertiary/aromatic N) is 1. The maximum absolute atomic E-state index is 9.75. The standard InChI is InChI=1S/C35H39NOP2.C8H12.BF4.Rh/c1-34(2)28-24-25-35(34,27-36(3)38(29-16-8-4-9-17-29)30-18-10-5-11-19-30)33(26-28)37-39(31-20-12-6-13-21-31)32-22-14-7-15-23-32;1-2-4-6-8-7-5-3-1;2-1(3,4)5;/h4-23,28,33H,24-27H2,1-3H3;1-2,7-8H,3-6H2;;/q;;-1;/b;2-1-,8-7-;;/t28-,33-,35-;;;/m1.../s1. The zero-order chi connectivity index (χ0) is 37.0. The summed E-state index contributed by atoms with van der Waals surface area (Å²) in [5.41, 5.74) is 0.343. The van der Waals surface area contributed by atoms with E-state index in [1.807, 2.05) is 0 Å². The molecule has 3 aliphatic carbocycles. The van der Waals surface area contributed by atoms with Gasteiger partial charge in [-0.25, -0.2) is 0 Å². The molecule has 2 fully saturated rings. The van der Waals surface area contributed by atoms with E-state index in [1.54, 1.807) is 0 Å². The Balaban J connectivity index is 0.000000381. The second kappa shape index (κ2) is 20.5. The molecule has 0 amide bonds. The van der Waals surface area contributed by atoms with Crippen molar-refractivity contribution in [2.45, 2.75) is 64.9 Å². The zero-order valence-electron chi connectivity index (χ0n) is 30.8. The molecule has 7 rings (SSSR count). The molecule has 0 N–H and O–H groups in total. The molecule has 4 aromatic carbocycles. The van der Waals surface area contributed by atoms with Crippen LogP contribution in [-0.2, 0) is 24.0 Å². The van der Waals surface area contributed by atoms with E-state index >= 15 is 0 Å². The molecule has 4 aromatic rings. The van der Waals surface area contributed by atoms with Crippen LogP contribution in [0.2, 0.25) is 0 Å². The zero-order valence-corrected chi connectivity index (χ0v) is 34.3. The summed E-state index contributed by atoms with van der Waals surface area (Å²) < 4.78 is 49.1. The first-order chi connectivity index (χ1) is 25.0. The summed E-state index contributed by atoms with van der Waals surface area (Å²) in [7, 11) is -5.16. The summed E-state index contributed by atoms with van der Waals surface area (Å²) in [5.74, 6) is 0.707. The van der Waals surface area contributed by atoms with Crippen molar-refractivity contribution in [1.82, 2.24) is 4.67 Å². The van der Waals surface area contributed by atoms with Crippen LogP contribution in [0.4, 0.5) is 17.3 Å². The van der Waals surface area contributed by atoms with Gasteiger partial charge in [-0.1, -0.05) is 159 Å². The number of hydrogen-bond acceptors (Lipinski definition) is 2. The molecule has 3 atom stereocenters. The third-order valence-electron chi connectivity index (χ3n) is 10.8. The Morgan fingerprint density at radius 3 is 1.36 bits per heavy atom. The van der Waals surface area contributed by atoms with Crippen LogP contribution in [0.1, 0.15) is 58.8 Å². The topological polar surface area (TPSA) is 12.5 Å². The first-order valence-corrected chi connectivity index (χ1v) is 20.9. The van der Waals surface area contributed by atoms with Gasteiger partial charge in [0, 0.05) is 50.1 Å². The summed E-state index contributed by atoms with van der Waals surface area (Å²) in [4.78, 5) is 0. The van der Waals surface area contributed by atoms with Gasteiger partial charge < -0.3 is 21.8 Å². The molecule has 0 aromatic heterocycles. The van der Waals surface area contributed by atoms with Gasteiger partial charge in [-0.3, -0.25) is 4.67 Å². The maximum atomic E-state index is 9.75.